The minimum absolute atomic E-state index is 0.0310. The molecule has 188 valence electrons. The van der Waals surface area contributed by atoms with Crippen molar-refractivity contribution in [2.24, 2.45) is 0 Å². The summed E-state index contributed by atoms with van der Waals surface area (Å²) in [6, 6.07) is 16.4. The highest BCUT2D eigenvalue weighted by molar-refractivity contribution is 5.97. The van der Waals surface area contributed by atoms with E-state index in [2.05, 4.69) is 25.6 Å². The van der Waals surface area contributed by atoms with Gasteiger partial charge < -0.3 is 14.8 Å². The molecule has 1 saturated heterocycles. The topological polar surface area (TPSA) is 146 Å². The lowest BCUT2D eigenvalue weighted by molar-refractivity contribution is -0.0816. The molecule has 0 unspecified atom stereocenters. The van der Waals surface area contributed by atoms with Crippen molar-refractivity contribution in [2.75, 3.05) is 18.5 Å². The van der Waals surface area contributed by atoms with Gasteiger partial charge in [-0.05, 0) is 56.3 Å². The van der Waals surface area contributed by atoms with Gasteiger partial charge in [0, 0.05) is 17.4 Å². The van der Waals surface area contributed by atoms with Gasteiger partial charge in [0.2, 0.25) is 5.88 Å². The summed E-state index contributed by atoms with van der Waals surface area (Å²) in [7, 11) is 0. The van der Waals surface area contributed by atoms with E-state index in [0.29, 0.717) is 47.8 Å². The van der Waals surface area contributed by atoms with Crippen LogP contribution in [0.5, 0.6) is 5.88 Å². The third-order valence-corrected chi connectivity index (χ3v) is 6.04. The molecule has 38 heavy (non-hydrogen) atoms. The van der Waals surface area contributed by atoms with Crippen LogP contribution in [0.25, 0.3) is 22.7 Å². The predicted octanol–water partition coefficient (Wildman–Crippen LogP) is 3.30. The number of carbonyl (C=O) groups is 1. The number of hydrogen-bond acceptors (Lipinski definition) is 10. The zero-order chi connectivity index (χ0) is 26.2. The van der Waals surface area contributed by atoms with Crippen molar-refractivity contribution in [1.82, 2.24) is 34.5 Å². The molecule has 0 radical (unpaired) electrons. The molecule has 5 aromatic rings. The molecule has 12 nitrogen and oxygen atoms in total. The maximum Gasteiger partial charge on any atom is 0.233 e. The van der Waals surface area contributed by atoms with E-state index >= 15 is 0 Å². The third-order valence-electron chi connectivity index (χ3n) is 6.04. The van der Waals surface area contributed by atoms with Crippen LogP contribution in [-0.2, 0) is 4.74 Å². The van der Waals surface area contributed by atoms with Crippen LogP contribution < -0.4 is 10.1 Å². The van der Waals surface area contributed by atoms with Gasteiger partial charge in [0.05, 0.1) is 29.8 Å². The van der Waals surface area contributed by atoms with Crippen LogP contribution in [0.4, 0.5) is 11.5 Å². The lowest BCUT2D eigenvalue weighted by atomic mass is 10.2. The van der Waals surface area contributed by atoms with Crippen molar-refractivity contribution >= 4 is 28.3 Å². The van der Waals surface area contributed by atoms with Crippen molar-refractivity contribution < 1.29 is 14.3 Å². The van der Waals surface area contributed by atoms with Crippen LogP contribution in [0, 0.1) is 18.3 Å². The van der Waals surface area contributed by atoms with E-state index in [0.717, 1.165) is 16.7 Å². The summed E-state index contributed by atoms with van der Waals surface area (Å²) in [6.07, 6.45) is 1.70. The highest BCUT2D eigenvalue weighted by Crippen LogP contribution is 2.25. The second-order valence-electron chi connectivity index (χ2n) is 8.77. The Kier molecular flexibility index (Phi) is 5.74. The van der Waals surface area contributed by atoms with Crippen molar-refractivity contribution in [3.8, 4) is 23.6 Å². The fraction of sp³-hybridized carbons (Fsp3) is 0.192. The average Bonchev–Trinajstić information content (AvgIpc) is 3.49. The molecule has 1 aliphatic rings. The number of imidazole rings is 1. The molecular formula is C26H21N9O3. The number of nitrogens with one attached hydrogen (secondary N) is 1. The number of carbonyl (C=O) groups excluding carboxylic acids is 1. The SMILES string of the molecule is CC(=O)c1ccc(-n2cnc3cc(Nc4ccc(OC5COC5)nn4)ccc32)nc1-n1nc(C#N)cc1C. The second kappa shape index (κ2) is 9.38. The summed E-state index contributed by atoms with van der Waals surface area (Å²) < 4.78 is 14.1. The first-order valence-corrected chi connectivity index (χ1v) is 11.8. The van der Waals surface area contributed by atoms with Gasteiger partial charge >= 0.3 is 0 Å². The second-order valence-corrected chi connectivity index (χ2v) is 8.77. The molecule has 0 bridgehead atoms. The Labute approximate surface area is 216 Å². The summed E-state index contributed by atoms with van der Waals surface area (Å²) in [5, 5.41) is 25.0. The predicted molar refractivity (Wildman–Crippen MR) is 136 cm³/mol. The largest absolute Gasteiger partial charge is 0.468 e. The maximum atomic E-state index is 12.3. The van der Waals surface area contributed by atoms with E-state index in [1.165, 1.54) is 11.6 Å². The fourth-order valence-corrected chi connectivity index (χ4v) is 4.08. The van der Waals surface area contributed by atoms with Gasteiger partial charge in [-0.25, -0.2) is 14.6 Å². The Morgan fingerprint density at radius 3 is 2.71 bits per heavy atom. The van der Waals surface area contributed by atoms with E-state index in [-0.39, 0.29) is 17.6 Å². The first-order chi connectivity index (χ1) is 18.5. The number of anilines is 2. The van der Waals surface area contributed by atoms with Gasteiger partial charge in [-0.15, -0.1) is 10.2 Å². The lowest BCUT2D eigenvalue weighted by Crippen LogP contribution is -2.38. The normalized spacial score (nSPS) is 13.2. The molecule has 0 saturated carbocycles. The van der Waals surface area contributed by atoms with E-state index < -0.39 is 0 Å². The Morgan fingerprint density at radius 1 is 1.16 bits per heavy atom. The van der Waals surface area contributed by atoms with Crippen molar-refractivity contribution in [3.63, 3.8) is 0 Å². The van der Waals surface area contributed by atoms with Crippen LogP contribution in [0.2, 0.25) is 0 Å². The molecule has 6 rings (SSSR count). The van der Waals surface area contributed by atoms with Crippen molar-refractivity contribution in [1.29, 1.82) is 5.26 Å². The number of nitriles is 1. The Hall–Kier alpha value is -5.15. The molecule has 1 aliphatic heterocycles. The highest BCUT2D eigenvalue weighted by Gasteiger charge is 2.21. The summed E-state index contributed by atoms with van der Waals surface area (Å²) in [5.74, 6) is 1.77. The number of ether oxygens (including phenoxy) is 2. The minimum atomic E-state index is -0.154. The number of Topliss-reactive ketones (excluding diaryl/α,β-unsaturated/α-hetero) is 1. The van der Waals surface area contributed by atoms with E-state index in [4.69, 9.17) is 14.5 Å². The van der Waals surface area contributed by atoms with E-state index in [9.17, 15) is 10.1 Å². The van der Waals surface area contributed by atoms with Crippen LogP contribution in [0.15, 0.2) is 54.9 Å². The van der Waals surface area contributed by atoms with Crippen LogP contribution in [0.3, 0.4) is 0 Å². The quantitative estimate of drug-likeness (QED) is 0.326. The molecule has 1 aromatic carbocycles. The number of pyridine rings is 1. The van der Waals surface area contributed by atoms with Crippen molar-refractivity contribution in [3.05, 3.63) is 71.8 Å². The Balaban J connectivity index is 1.29. The monoisotopic (exact) mass is 507 g/mol. The number of nitrogens with zero attached hydrogens (tertiary/aromatic N) is 8. The molecule has 5 heterocycles. The van der Waals surface area contributed by atoms with Crippen LogP contribution in [-0.4, -0.2) is 59.6 Å². The number of rotatable bonds is 7. The van der Waals surface area contributed by atoms with E-state index in [1.807, 2.05) is 35.8 Å². The molecule has 0 aliphatic carbocycles. The van der Waals surface area contributed by atoms with Crippen LogP contribution in [0.1, 0.15) is 28.7 Å². The van der Waals surface area contributed by atoms with Gasteiger partial charge in [0.1, 0.15) is 24.3 Å². The molecule has 0 spiro atoms. The minimum Gasteiger partial charge on any atom is -0.468 e. The standard InChI is InChI=1S/C26H21N9O3/c1-15-9-18(11-27)33-35(15)26-20(16(2)36)4-7-24(30-26)34-14-28-21-10-17(3-5-22(21)34)29-23-6-8-25(32-31-23)38-19-12-37-13-19/h3-10,14,19H,12-13H2,1-2H3,(H,29,31). The average molecular weight is 508 g/mol. The number of ketones is 1. The smallest absolute Gasteiger partial charge is 0.233 e. The third kappa shape index (κ3) is 4.31. The Morgan fingerprint density at radius 2 is 2.03 bits per heavy atom. The molecule has 4 aromatic heterocycles. The molecule has 0 amide bonds. The first-order valence-electron chi connectivity index (χ1n) is 11.8. The zero-order valence-corrected chi connectivity index (χ0v) is 20.5. The van der Waals surface area contributed by atoms with E-state index in [1.54, 1.807) is 36.7 Å². The summed E-state index contributed by atoms with van der Waals surface area (Å²) >= 11 is 0. The first kappa shape index (κ1) is 23.3. The molecule has 12 heteroatoms. The van der Waals surface area contributed by atoms with Gasteiger partial charge in [0.25, 0.3) is 0 Å². The molecular weight excluding hydrogens is 486 g/mol. The number of aromatic nitrogens is 7. The maximum absolute atomic E-state index is 12.3. The number of hydrogen-bond donors (Lipinski definition) is 1. The van der Waals surface area contributed by atoms with Gasteiger partial charge in [0.15, 0.2) is 23.1 Å². The van der Waals surface area contributed by atoms with Crippen molar-refractivity contribution in [2.45, 2.75) is 20.0 Å². The number of benzene rings is 1. The van der Waals surface area contributed by atoms with Crippen LogP contribution >= 0.6 is 0 Å². The van der Waals surface area contributed by atoms with Gasteiger partial charge in [-0.1, -0.05) is 0 Å². The highest BCUT2D eigenvalue weighted by atomic mass is 16.6. The number of aryl methyl sites for hydroxylation is 1. The molecule has 1 fully saturated rings. The molecule has 1 N–H and O–H groups in total. The lowest BCUT2D eigenvalue weighted by Gasteiger charge is -2.25. The molecule has 0 atom stereocenters. The summed E-state index contributed by atoms with van der Waals surface area (Å²) in [6.45, 7) is 4.41. The summed E-state index contributed by atoms with van der Waals surface area (Å²) in [5.41, 5.74) is 3.68. The number of fused-ring (bicyclic) bond motifs is 1. The zero-order valence-electron chi connectivity index (χ0n) is 20.5. The fourth-order valence-electron chi connectivity index (χ4n) is 4.08. The Bertz CT molecular complexity index is 1710. The summed E-state index contributed by atoms with van der Waals surface area (Å²) in [4.78, 5) is 21.6. The van der Waals surface area contributed by atoms with Gasteiger partial charge in [-0.3, -0.25) is 9.36 Å². The van der Waals surface area contributed by atoms with Gasteiger partial charge in [-0.2, -0.15) is 10.4 Å².